The van der Waals surface area contributed by atoms with Crippen LogP contribution in [0.3, 0.4) is 0 Å². The number of nitrogens with zero attached hydrogens (tertiary/aromatic N) is 5. The van der Waals surface area contributed by atoms with Crippen LogP contribution in [0, 0.1) is 11.3 Å². The van der Waals surface area contributed by atoms with Gasteiger partial charge >= 0.3 is 6.01 Å². The zero-order valence-corrected chi connectivity index (χ0v) is 12.3. The van der Waals surface area contributed by atoms with Gasteiger partial charge in [-0.1, -0.05) is 5.10 Å². The van der Waals surface area contributed by atoms with Crippen LogP contribution in [0.5, 0.6) is 0 Å². The predicted octanol–water partition coefficient (Wildman–Crippen LogP) is 1.89. The molecule has 0 spiro atoms. The number of hydrogen-bond acceptors (Lipinski definition) is 6. The normalized spacial score (nSPS) is 24.0. The lowest BCUT2D eigenvalue weighted by molar-refractivity contribution is 0.249. The molecule has 0 saturated carbocycles. The molecular weight excluding hydrogens is 278 g/mol. The topological polar surface area (TPSA) is 69.2 Å². The van der Waals surface area contributed by atoms with Crippen molar-refractivity contribution in [3.63, 3.8) is 0 Å². The molecule has 3 aliphatic heterocycles. The van der Waals surface area contributed by atoms with Gasteiger partial charge < -0.3 is 14.2 Å². The van der Waals surface area contributed by atoms with Gasteiger partial charge in [-0.3, -0.25) is 0 Å². The van der Waals surface area contributed by atoms with Crippen molar-refractivity contribution in [1.82, 2.24) is 15.1 Å². The molecule has 22 heavy (non-hydrogen) atoms. The largest absolute Gasteiger partial charge is 0.403 e. The lowest BCUT2D eigenvalue weighted by Crippen LogP contribution is -2.38. The maximum atomic E-state index is 8.85. The zero-order valence-electron chi connectivity index (χ0n) is 12.3. The fourth-order valence-electron chi connectivity index (χ4n) is 3.27. The summed E-state index contributed by atoms with van der Waals surface area (Å²) in [4.78, 5) is 4.75. The summed E-state index contributed by atoms with van der Waals surface area (Å²) in [5.41, 5.74) is 1.47. The molecule has 2 bridgehead atoms. The summed E-state index contributed by atoms with van der Waals surface area (Å²) >= 11 is 0. The molecule has 3 aliphatic rings. The second-order valence-electron chi connectivity index (χ2n) is 5.85. The van der Waals surface area contributed by atoms with E-state index in [4.69, 9.17) is 9.68 Å². The molecular formula is C16H17N5O. The van der Waals surface area contributed by atoms with E-state index in [2.05, 4.69) is 26.1 Å². The number of benzene rings is 1. The maximum Gasteiger partial charge on any atom is 0.318 e. The summed E-state index contributed by atoms with van der Waals surface area (Å²) in [6, 6.07) is 10.4. The molecule has 0 atom stereocenters. The number of nitriles is 1. The summed E-state index contributed by atoms with van der Waals surface area (Å²) in [5, 5.41) is 17.3. The molecule has 0 aliphatic carbocycles. The fraction of sp³-hybridized carbons (Fsp3) is 0.438. The van der Waals surface area contributed by atoms with Crippen molar-refractivity contribution in [1.29, 1.82) is 5.26 Å². The van der Waals surface area contributed by atoms with Gasteiger partial charge in [0.1, 0.15) is 0 Å². The van der Waals surface area contributed by atoms with Crippen LogP contribution in [-0.4, -0.2) is 47.3 Å². The van der Waals surface area contributed by atoms with Crippen molar-refractivity contribution >= 4 is 6.01 Å². The van der Waals surface area contributed by atoms with Crippen LogP contribution in [0.1, 0.15) is 18.4 Å². The van der Waals surface area contributed by atoms with Gasteiger partial charge in [0.2, 0.25) is 5.89 Å². The van der Waals surface area contributed by atoms with Crippen molar-refractivity contribution in [2.45, 2.75) is 18.9 Å². The van der Waals surface area contributed by atoms with Crippen LogP contribution in [0.25, 0.3) is 11.5 Å². The quantitative estimate of drug-likeness (QED) is 0.842. The Morgan fingerprint density at radius 2 is 1.82 bits per heavy atom. The molecule has 0 N–H and O–H groups in total. The van der Waals surface area contributed by atoms with Crippen LogP contribution in [-0.2, 0) is 0 Å². The molecule has 0 unspecified atom stereocenters. The van der Waals surface area contributed by atoms with E-state index in [1.54, 1.807) is 12.1 Å². The van der Waals surface area contributed by atoms with E-state index in [1.165, 1.54) is 0 Å². The van der Waals surface area contributed by atoms with Gasteiger partial charge in [0, 0.05) is 37.8 Å². The zero-order chi connectivity index (χ0) is 14.9. The number of aromatic nitrogens is 2. The minimum Gasteiger partial charge on any atom is -0.403 e. The van der Waals surface area contributed by atoms with Gasteiger partial charge in [0.05, 0.1) is 11.6 Å². The summed E-state index contributed by atoms with van der Waals surface area (Å²) in [6.07, 6.45) is 2.32. The highest BCUT2D eigenvalue weighted by Gasteiger charge is 2.31. The van der Waals surface area contributed by atoms with Crippen molar-refractivity contribution in [2.24, 2.45) is 0 Å². The molecule has 2 aromatic rings. The third-order valence-corrected chi connectivity index (χ3v) is 4.58. The van der Waals surface area contributed by atoms with E-state index in [0.29, 0.717) is 23.5 Å². The van der Waals surface area contributed by atoms with Gasteiger partial charge in [-0.25, -0.2) is 0 Å². The van der Waals surface area contributed by atoms with Crippen molar-refractivity contribution in [2.75, 3.05) is 31.1 Å². The molecule has 4 heterocycles. The summed E-state index contributed by atoms with van der Waals surface area (Å²) < 4.78 is 5.89. The van der Waals surface area contributed by atoms with E-state index in [9.17, 15) is 0 Å². The Hall–Kier alpha value is -2.39. The number of anilines is 1. The van der Waals surface area contributed by atoms with E-state index in [1.807, 2.05) is 12.1 Å². The molecule has 5 rings (SSSR count). The first-order valence-corrected chi connectivity index (χ1v) is 7.66. The molecule has 1 aromatic heterocycles. The molecule has 3 fully saturated rings. The Morgan fingerprint density at radius 3 is 2.55 bits per heavy atom. The van der Waals surface area contributed by atoms with Gasteiger partial charge in [-0.05, 0) is 37.1 Å². The molecule has 1 aromatic carbocycles. The lowest BCUT2D eigenvalue weighted by Gasteiger charge is -2.29. The van der Waals surface area contributed by atoms with Crippen LogP contribution in [0.2, 0.25) is 0 Å². The highest BCUT2D eigenvalue weighted by molar-refractivity contribution is 5.55. The van der Waals surface area contributed by atoms with E-state index >= 15 is 0 Å². The molecule has 0 amide bonds. The Labute approximate surface area is 129 Å². The maximum absolute atomic E-state index is 8.85. The van der Waals surface area contributed by atoms with E-state index < -0.39 is 0 Å². The standard InChI is InChI=1S/C16H17N5O/c17-11-12-1-3-13(4-2-12)15-18-19-16(22-15)21-10-9-20-7-5-14(21)6-8-20/h1-4,14H,5-10H2. The second kappa shape index (κ2) is 5.43. The Bertz CT molecular complexity index is 694. The first kappa shape index (κ1) is 13.3. The summed E-state index contributed by atoms with van der Waals surface area (Å²) in [7, 11) is 0. The minimum absolute atomic E-state index is 0.507. The van der Waals surface area contributed by atoms with Gasteiger partial charge in [-0.15, -0.1) is 5.10 Å². The predicted molar refractivity (Wildman–Crippen MR) is 81.3 cm³/mol. The van der Waals surface area contributed by atoms with Crippen LogP contribution in [0.15, 0.2) is 28.7 Å². The average Bonchev–Trinajstić information content (AvgIpc) is 2.87. The molecule has 3 saturated heterocycles. The fourth-order valence-corrected chi connectivity index (χ4v) is 3.27. The number of fused-ring (bicyclic) bond motifs is 4. The van der Waals surface area contributed by atoms with Gasteiger partial charge in [0.15, 0.2) is 0 Å². The number of piperidine rings is 1. The first-order chi connectivity index (χ1) is 10.8. The van der Waals surface area contributed by atoms with Crippen molar-refractivity contribution in [3.05, 3.63) is 29.8 Å². The van der Waals surface area contributed by atoms with Crippen molar-refractivity contribution in [3.8, 4) is 17.5 Å². The first-order valence-electron chi connectivity index (χ1n) is 7.66. The third-order valence-electron chi connectivity index (χ3n) is 4.58. The molecule has 6 heteroatoms. The number of hydrogen-bond donors (Lipinski definition) is 0. The average molecular weight is 295 g/mol. The Kier molecular flexibility index (Phi) is 3.28. The van der Waals surface area contributed by atoms with Crippen LogP contribution < -0.4 is 4.90 Å². The Balaban J connectivity index is 1.59. The lowest BCUT2D eigenvalue weighted by atomic mass is 10.1. The minimum atomic E-state index is 0.507. The Morgan fingerprint density at radius 1 is 1.05 bits per heavy atom. The van der Waals surface area contributed by atoms with Gasteiger partial charge in [0.25, 0.3) is 0 Å². The highest BCUT2D eigenvalue weighted by atomic mass is 16.4. The highest BCUT2D eigenvalue weighted by Crippen LogP contribution is 2.28. The smallest absolute Gasteiger partial charge is 0.318 e. The monoisotopic (exact) mass is 295 g/mol. The summed E-state index contributed by atoms with van der Waals surface area (Å²) in [5.74, 6) is 0.513. The molecule has 6 nitrogen and oxygen atoms in total. The SMILES string of the molecule is N#Cc1ccc(-c2nnc(N3CCN4CCC3CC4)o2)cc1. The van der Waals surface area contributed by atoms with Crippen molar-refractivity contribution < 1.29 is 4.42 Å². The van der Waals surface area contributed by atoms with E-state index in [0.717, 1.165) is 44.6 Å². The van der Waals surface area contributed by atoms with Gasteiger partial charge in [-0.2, -0.15) is 5.26 Å². The number of rotatable bonds is 2. The molecule has 112 valence electrons. The summed E-state index contributed by atoms with van der Waals surface area (Å²) in [6.45, 7) is 4.33. The van der Waals surface area contributed by atoms with Crippen LogP contribution >= 0.6 is 0 Å². The van der Waals surface area contributed by atoms with Crippen LogP contribution in [0.4, 0.5) is 6.01 Å². The second-order valence-corrected chi connectivity index (χ2v) is 5.85. The third kappa shape index (κ3) is 2.34. The molecule has 0 radical (unpaired) electrons. The van der Waals surface area contributed by atoms with E-state index in [-0.39, 0.29) is 0 Å².